The predicted molar refractivity (Wildman–Crippen MR) is 101 cm³/mol. The number of amides is 1. The second-order valence-electron chi connectivity index (χ2n) is 6.56. The van der Waals surface area contributed by atoms with Gasteiger partial charge < -0.3 is 5.32 Å². The van der Waals surface area contributed by atoms with Crippen LogP contribution in [0.15, 0.2) is 24.3 Å². The van der Waals surface area contributed by atoms with Crippen molar-refractivity contribution in [2.24, 2.45) is 0 Å². The van der Waals surface area contributed by atoms with Crippen LogP contribution in [0.4, 0.5) is 5.69 Å². The summed E-state index contributed by atoms with van der Waals surface area (Å²) in [6, 6.07) is 8.25. The lowest BCUT2D eigenvalue weighted by molar-refractivity contribution is -0.113. The molecule has 1 fully saturated rings. The number of anilines is 1. The Balaban J connectivity index is 1.69. The standard InChI is InChI=1S/C19H25N3OS/c1-13-8-10-16(11-9-13)22-15(3)19(14(2)21-22)20-18(23)12-24-17-6-4-5-7-17/h8-11,17H,4-7,12H2,1-3H3,(H,20,23). The number of carbonyl (C=O) groups excluding carboxylic acids is 1. The fraction of sp³-hybridized carbons (Fsp3) is 0.474. The Morgan fingerprint density at radius 2 is 1.88 bits per heavy atom. The first-order chi connectivity index (χ1) is 11.5. The third kappa shape index (κ3) is 3.83. The van der Waals surface area contributed by atoms with Crippen LogP contribution in [0.25, 0.3) is 5.69 Å². The summed E-state index contributed by atoms with van der Waals surface area (Å²) >= 11 is 1.79. The molecule has 1 heterocycles. The third-order valence-electron chi connectivity index (χ3n) is 4.59. The zero-order valence-electron chi connectivity index (χ0n) is 14.6. The number of nitrogens with zero attached hydrogens (tertiary/aromatic N) is 2. The van der Waals surface area contributed by atoms with Gasteiger partial charge in [-0.25, -0.2) is 4.68 Å². The number of aryl methyl sites for hydroxylation is 2. The van der Waals surface area contributed by atoms with Crippen molar-refractivity contribution in [1.82, 2.24) is 9.78 Å². The molecule has 0 bridgehead atoms. The summed E-state index contributed by atoms with van der Waals surface area (Å²) in [6.45, 7) is 6.01. The normalized spacial score (nSPS) is 15.0. The van der Waals surface area contributed by atoms with Crippen molar-refractivity contribution in [3.05, 3.63) is 41.2 Å². The van der Waals surface area contributed by atoms with Gasteiger partial charge in [0.05, 0.1) is 28.5 Å². The minimum Gasteiger partial charge on any atom is -0.322 e. The topological polar surface area (TPSA) is 46.9 Å². The fourth-order valence-corrected chi connectivity index (χ4v) is 4.31. The predicted octanol–water partition coefficient (Wildman–Crippen LogP) is 4.41. The van der Waals surface area contributed by atoms with E-state index in [0.717, 1.165) is 22.8 Å². The molecular formula is C19H25N3OS. The molecule has 24 heavy (non-hydrogen) atoms. The van der Waals surface area contributed by atoms with Crippen LogP contribution in [0.5, 0.6) is 0 Å². The van der Waals surface area contributed by atoms with Gasteiger partial charge in [-0.15, -0.1) is 11.8 Å². The average Bonchev–Trinajstić information content (AvgIpc) is 3.17. The molecule has 1 aliphatic rings. The van der Waals surface area contributed by atoms with Crippen molar-refractivity contribution in [1.29, 1.82) is 0 Å². The molecule has 4 nitrogen and oxygen atoms in total. The summed E-state index contributed by atoms with van der Waals surface area (Å²) in [5.41, 5.74) is 4.90. The fourth-order valence-electron chi connectivity index (χ4n) is 3.19. The van der Waals surface area contributed by atoms with Gasteiger partial charge in [-0.05, 0) is 45.7 Å². The van der Waals surface area contributed by atoms with Crippen molar-refractivity contribution in [3.63, 3.8) is 0 Å². The number of aromatic nitrogens is 2. The maximum atomic E-state index is 12.3. The quantitative estimate of drug-likeness (QED) is 0.874. The van der Waals surface area contributed by atoms with Gasteiger partial charge in [0, 0.05) is 5.25 Å². The van der Waals surface area contributed by atoms with E-state index in [4.69, 9.17) is 0 Å². The number of carbonyl (C=O) groups is 1. The second-order valence-corrected chi connectivity index (χ2v) is 7.85. The number of nitrogens with one attached hydrogen (secondary N) is 1. The molecule has 0 spiro atoms. The van der Waals surface area contributed by atoms with Crippen molar-refractivity contribution in [3.8, 4) is 5.69 Å². The number of benzene rings is 1. The molecule has 0 unspecified atom stereocenters. The van der Waals surface area contributed by atoms with E-state index in [1.807, 2.05) is 18.5 Å². The molecule has 0 atom stereocenters. The van der Waals surface area contributed by atoms with Gasteiger partial charge in [0.15, 0.2) is 0 Å². The Labute approximate surface area is 148 Å². The van der Waals surface area contributed by atoms with Crippen molar-refractivity contribution in [2.45, 2.75) is 51.7 Å². The van der Waals surface area contributed by atoms with Crippen LogP contribution in [0.3, 0.4) is 0 Å². The van der Waals surface area contributed by atoms with Crippen LogP contribution in [0, 0.1) is 20.8 Å². The zero-order valence-corrected chi connectivity index (χ0v) is 15.4. The van der Waals surface area contributed by atoms with E-state index in [1.54, 1.807) is 11.8 Å². The summed E-state index contributed by atoms with van der Waals surface area (Å²) < 4.78 is 1.90. The molecule has 1 amide bonds. The molecule has 0 saturated heterocycles. The lowest BCUT2D eigenvalue weighted by Crippen LogP contribution is -2.16. The molecule has 1 aromatic heterocycles. The number of hydrogen-bond donors (Lipinski definition) is 1. The average molecular weight is 343 g/mol. The largest absolute Gasteiger partial charge is 0.322 e. The van der Waals surface area contributed by atoms with Gasteiger partial charge in [0.2, 0.25) is 5.91 Å². The van der Waals surface area contributed by atoms with Crippen LogP contribution < -0.4 is 5.32 Å². The minimum absolute atomic E-state index is 0.0709. The molecule has 128 valence electrons. The Kier molecular flexibility index (Phi) is 5.29. The van der Waals surface area contributed by atoms with Crippen LogP contribution in [0.2, 0.25) is 0 Å². The highest BCUT2D eigenvalue weighted by atomic mass is 32.2. The van der Waals surface area contributed by atoms with E-state index >= 15 is 0 Å². The SMILES string of the molecule is Cc1ccc(-n2nc(C)c(NC(=O)CSC3CCCC3)c2C)cc1. The van der Waals surface area contributed by atoms with Crippen molar-refractivity contribution < 1.29 is 4.79 Å². The van der Waals surface area contributed by atoms with E-state index in [2.05, 4.69) is 41.6 Å². The van der Waals surface area contributed by atoms with Crippen LogP contribution in [-0.4, -0.2) is 26.7 Å². The number of thioether (sulfide) groups is 1. The minimum atomic E-state index is 0.0709. The third-order valence-corrected chi connectivity index (χ3v) is 5.96. The molecule has 5 heteroatoms. The summed E-state index contributed by atoms with van der Waals surface area (Å²) in [5.74, 6) is 0.598. The van der Waals surface area contributed by atoms with Crippen LogP contribution >= 0.6 is 11.8 Å². The Morgan fingerprint density at radius 3 is 2.54 bits per heavy atom. The first kappa shape index (κ1) is 17.1. The summed E-state index contributed by atoms with van der Waals surface area (Å²) in [6.07, 6.45) is 5.12. The molecule has 0 radical (unpaired) electrons. The maximum Gasteiger partial charge on any atom is 0.234 e. The molecule has 3 rings (SSSR count). The highest BCUT2D eigenvalue weighted by Gasteiger charge is 2.19. The monoisotopic (exact) mass is 343 g/mol. The molecule has 2 aromatic rings. The highest BCUT2D eigenvalue weighted by molar-refractivity contribution is 8.00. The first-order valence-electron chi connectivity index (χ1n) is 8.59. The molecule has 1 aliphatic carbocycles. The van der Waals surface area contributed by atoms with Crippen molar-refractivity contribution >= 4 is 23.4 Å². The Bertz CT molecular complexity index is 715. The van der Waals surface area contributed by atoms with Crippen LogP contribution in [0.1, 0.15) is 42.6 Å². The summed E-state index contributed by atoms with van der Waals surface area (Å²) in [5, 5.41) is 8.32. The highest BCUT2D eigenvalue weighted by Crippen LogP contribution is 2.29. The lowest BCUT2D eigenvalue weighted by Gasteiger charge is -2.10. The van der Waals surface area contributed by atoms with E-state index < -0.39 is 0 Å². The Hall–Kier alpha value is -1.75. The second kappa shape index (κ2) is 7.43. The van der Waals surface area contributed by atoms with Gasteiger partial charge in [0.25, 0.3) is 0 Å². The maximum absolute atomic E-state index is 12.3. The first-order valence-corrected chi connectivity index (χ1v) is 9.64. The molecule has 0 aliphatic heterocycles. The van der Waals surface area contributed by atoms with Gasteiger partial charge >= 0.3 is 0 Å². The molecule has 1 saturated carbocycles. The van der Waals surface area contributed by atoms with Gasteiger partial charge in [0.1, 0.15) is 0 Å². The smallest absolute Gasteiger partial charge is 0.234 e. The lowest BCUT2D eigenvalue weighted by atomic mass is 10.2. The van der Waals surface area contributed by atoms with Crippen LogP contribution in [-0.2, 0) is 4.79 Å². The van der Waals surface area contributed by atoms with Crippen molar-refractivity contribution in [2.75, 3.05) is 11.1 Å². The van der Waals surface area contributed by atoms with E-state index in [-0.39, 0.29) is 5.91 Å². The number of rotatable bonds is 5. The van der Waals surface area contributed by atoms with E-state index in [9.17, 15) is 4.79 Å². The zero-order chi connectivity index (χ0) is 17.1. The summed E-state index contributed by atoms with van der Waals surface area (Å²) in [7, 11) is 0. The van der Waals surface area contributed by atoms with Gasteiger partial charge in [-0.3, -0.25) is 4.79 Å². The van der Waals surface area contributed by atoms with E-state index in [0.29, 0.717) is 11.0 Å². The van der Waals surface area contributed by atoms with Gasteiger partial charge in [-0.1, -0.05) is 30.5 Å². The Morgan fingerprint density at radius 1 is 1.21 bits per heavy atom. The molecule has 1 aromatic carbocycles. The molecule has 1 N–H and O–H groups in total. The molecular weight excluding hydrogens is 318 g/mol. The van der Waals surface area contributed by atoms with E-state index in [1.165, 1.54) is 31.2 Å². The summed E-state index contributed by atoms with van der Waals surface area (Å²) in [4.78, 5) is 12.3. The van der Waals surface area contributed by atoms with Gasteiger partial charge in [-0.2, -0.15) is 5.10 Å². The number of hydrogen-bond acceptors (Lipinski definition) is 3.